The Morgan fingerprint density at radius 2 is 1.35 bits per heavy atom. The summed E-state index contributed by atoms with van der Waals surface area (Å²) in [6.45, 7) is 8.66. The van der Waals surface area contributed by atoms with E-state index in [0.29, 0.717) is 13.1 Å². The number of likely N-dealkylation sites (N-methyl/N-ethyl adjacent to an activating group) is 1. The van der Waals surface area contributed by atoms with E-state index in [0.717, 1.165) is 28.8 Å². The van der Waals surface area contributed by atoms with Gasteiger partial charge in [0, 0.05) is 24.2 Å². The molecule has 0 unspecified atom stereocenters. The molecule has 1 aliphatic rings. The summed E-state index contributed by atoms with van der Waals surface area (Å²) in [4.78, 5) is 15.3. The number of ketones is 1. The van der Waals surface area contributed by atoms with Crippen LogP contribution in [-0.4, -0.2) is 30.3 Å². The fourth-order valence-electron chi connectivity index (χ4n) is 3.26. The lowest BCUT2D eigenvalue weighted by molar-refractivity contribution is -0.113. The van der Waals surface area contributed by atoms with Crippen LogP contribution < -0.4 is 0 Å². The van der Waals surface area contributed by atoms with Crippen molar-refractivity contribution >= 4 is 30.3 Å². The number of nitrogens with zero attached hydrogens (tertiary/aromatic N) is 1. The minimum Gasteiger partial charge on any atom is -0.295 e. The van der Waals surface area contributed by atoms with Gasteiger partial charge in [-0.1, -0.05) is 66.6 Å². The first-order valence-electron chi connectivity index (χ1n) is 8.86. The number of hydrogen-bond acceptors (Lipinski definition) is 2. The topological polar surface area (TPSA) is 20.3 Å². The number of aryl methyl sites for hydroxylation is 2. The summed E-state index contributed by atoms with van der Waals surface area (Å²) < 4.78 is 0. The molecule has 2 nitrogen and oxygen atoms in total. The lowest BCUT2D eigenvalue weighted by Crippen LogP contribution is -2.37. The zero-order valence-electron chi connectivity index (χ0n) is 15.7. The molecule has 1 saturated heterocycles. The Bertz CT molecular complexity index is 783. The molecule has 26 heavy (non-hydrogen) atoms. The van der Waals surface area contributed by atoms with E-state index in [1.807, 2.05) is 24.3 Å². The molecule has 1 fully saturated rings. The Balaban J connectivity index is 0.00000243. The van der Waals surface area contributed by atoms with Crippen LogP contribution in [0.15, 0.2) is 59.7 Å². The predicted molar refractivity (Wildman–Crippen MR) is 113 cm³/mol. The molecule has 0 amide bonds. The van der Waals surface area contributed by atoms with Gasteiger partial charge >= 0.3 is 0 Å². The van der Waals surface area contributed by atoms with Crippen LogP contribution in [0.5, 0.6) is 0 Å². The highest BCUT2D eigenvalue weighted by Crippen LogP contribution is 2.22. The molecule has 0 atom stereocenters. The van der Waals surface area contributed by atoms with Crippen LogP contribution >= 0.6 is 12.4 Å². The van der Waals surface area contributed by atoms with E-state index in [1.54, 1.807) is 0 Å². The molecular formula is C23H26ClNO. The molecule has 0 aromatic heterocycles. The molecule has 1 aliphatic heterocycles. The minimum absolute atomic E-state index is 0. The first-order chi connectivity index (χ1) is 12.0. The van der Waals surface area contributed by atoms with Crippen molar-refractivity contribution < 1.29 is 4.79 Å². The van der Waals surface area contributed by atoms with Crippen molar-refractivity contribution in [1.29, 1.82) is 0 Å². The van der Waals surface area contributed by atoms with Crippen LogP contribution in [0.25, 0.3) is 12.2 Å². The number of hydrogen-bond donors (Lipinski definition) is 0. The highest BCUT2D eigenvalue weighted by atomic mass is 35.5. The Hall–Kier alpha value is -2.16. The van der Waals surface area contributed by atoms with Crippen LogP contribution in [0.1, 0.15) is 29.2 Å². The first-order valence-corrected chi connectivity index (χ1v) is 8.86. The van der Waals surface area contributed by atoms with E-state index >= 15 is 0 Å². The molecule has 2 aromatic rings. The van der Waals surface area contributed by atoms with Crippen LogP contribution in [0.3, 0.4) is 0 Å². The van der Waals surface area contributed by atoms with Crippen molar-refractivity contribution in [2.24, 2.45) is 0 Å². The number of carbonyl (C=O) groups excluding carboxylic acids is 1. The van der Waals surface area contributed by atoms with Crippen LogP contribution in [0, 0.1) is 13.8 Å². The fourth-order valence-corrected chi connectivity index (χ4v) is 3.26. The van der Waals surface area contributed by atoms with Gasteiger partial charge in [0.2, 0.25) is 0 Å². The number of likely N-dealkylation sites (tertiary alicyclic amines) is 1. The van der Waals surface area contributed by atoms with Crippen molar-refractivity contribution in [1.82, 2.24) is 4.90 Å². The predicted octanol–water partition coefficient (Wildman–Crippen LogP) is 5.10. The number of Topliss-reactive ketones (excluding diaryl/α,β-unsaturated/α-hetero) is 1. The Labute approximate surface area is 162 Å². The van der Waals surface area contributed by atoms with Crippen LogP contribution in [0.4, 0.5) is 0 Å². The highest BCUT2D eigenvalue weighted by Gasteiger charge is 2.25. The SMILES string of the molecule is CCN1CC(=Cc2cccc(C)c2)C(=O)C(=Cc2cccc(C)c2)C1.Cl. The average molecular weight is 368 g/mol. The maximum Gasteiger partial charge on any atom is 0.187 e. The Morgan fingerprint density at radius 3 is 1.73 bits per heavy atom. The molecule has 0 saturated carbocycles. The van der Waals surface area contributed by atoms with E-state index < -0.39 is 0 Å². The lowest BCUT2D eigenvalue weighted by atomic mass is 9.94. The summed E-state index contributed by atoms with van der Waals surface area (Å²) in [5.41, 5.74) is 6.35. The van der Waals surface area contributed by atoms with E-state index in [2.05, 4.69) is 62.1 Å². The lowest BCUT2D eigenvalue weighted by Gasteiger charge is -2.28. The second-order valence-corrected chi connectivity index (χ2v) is 6.80. The third-order valence-electron chi connectivity index (χ3n) is 4.58. The van der Waals surface area contributed by atoms with Gasteiger partial charge in [0.1, 0.15) is 0 Å². The van der Waals surface area contributed by atoms with E-state index in [9.17, 15) is 4.79 Å². The molecule has 0 spiro atoms. The van der Waals surface area contributed by atoms with Gasteiger partial charge < -0.3 is 0 Å². The summed E-state index contributed by atoms with van der Waals surface area (Å²) in [5.74, 6) is 0.174. The van der Waals surface area contributed by atoms with E-state index in [1.165, 1.54) is 11.1 Å². The second kappa shape index (κ2) is 8.98. The maximum absolute atomic E-state index is 13.0. The van der Waals surface area contributed by atoms with Gasteiger partial charge in [0.15, 0.2) is 5.78 Å². The third-order valence-corrected chi connectivity index (χ3v) is 4.58. The van der Waals surface area contributed by atoms with Crippen molar-refractivity contribution in [3.63, 3.8) is 0 Å². The number of rotatable bonds is 3. The molecule has 0 aliphatic carbocycles. The number of halogens is 1. The van der Waals surface area contributed by atoms with Gasteiger partial charge in [-0.2, -0.15) is 0 Å². The second-order valence-electron chi connectivity index (χ2n) is 6.80. The summed E-state index contributed by atoms with van der Waals surface area (Å²) in [6, 6.07) is 16.6. The molecule has 0 radical (unpaired) electrons. The quantitative estimate of drug-likeness (QED) is 0.703. The molecule has 1 heterocycles. The summed E-state index contributed by atoms with van der Waals surface area (Å²) in [7, 11) is 0. The molecule has 2 aromatic carbocycles. The molecule has 0 bridgehead atoms. The molecular weight excluding hydrogens is 342 g/mol. The van der Waals surface area contributed by atoms with Crippen molar-refractivity contribution in [3.05, 3.63) is 81.9 Å². The molecule has 3 heteroatoms. The number of carbonyl (C=O) groups is 1. The van der Waals surface area contributed by atoms with Gasteiger partial charge in [-0.25, -0.2) is 0 Å². The van der Waals surface area contributed by atoms with Gasteiger partial charge in [-0.15, -0.1) is 12.4 Å². The van der Waals surface area contributed by atoms with Crippen LogP contribution in [0.2, 0.25) is 0 Å². The summed E-state index contributed by atoms with van der Waals surface area (Å²) >= 11 is 0. The molecule has 0 N–H and O–H groups in total. The van der Waals surface area contributed by atoms with Crippen LogP contribution in [-0.2, 0) is 4.79 Å². The zero-order chi connectivity index (χ0) is 17.8. The van der Waals surface area contributed by atoms with Gasteiger partial charge in [0.25, 0.3) is 0 Å². The number of piperidine rings is 1. The van der Waals surface area contributed by atoms with E-state index in [-0.39, 0.29) is 18.2 Å². The highest BCUT2D eigenvalue weighted by molar-refractivity contribution is 6.14. The summed E-state index contributed by atoms with van der Waals surface area (Å²) in [5, 5.41) is 0. The van der Waals surface area contributed by atoms with Gasteiger partial charge in [-0.3, -0.25) is 9.69 Å². The van der Waals surface area contributed by atoms with Crippen molar-refractivity contribution in [3.8, 4) is 0 Å². The smallest absolute Gasteiger partial charge is 0.187 e. The largest absolute Gasteiger partial charge is 0.295 e. The standard InChI is InChI=1S/C23H25NO.ClH/c1-4-24-15-21(13-19-9-5-7-17(2)11-19)23(25)22(16-24)14-20-10-6-8-18(3)12-20;/h5-14H,4,15-16H2,1-3H3;1H. The minimum atomic E-state index is 0. The van der Waals surface area contributed by atoms with E-state index in [4.69, 9.17) is 0 Å². The average Bonchev–Trinajstić information content (AvgIpc) is 2.58. The van der Waals surface area contributed by atoms with Crippen molar-refractivity contribution in [2.45, 2.75) is 20.8 Å². The Morgan fingerprint density at radius 1 is 0.885 bits per heavy atom. The Kier molecular flexibility index (Phi) is 6.96. The monoisotopic (exact) mass is 367 g/mol. The molecule has 136 valence electrons. The first kappa shape index (κ1) is 20.2. The van der Waals surface area contributed by atoms with Crippen molar-refractivity contribution in [2.75, 3.05) is 19.6 Å². The summed E-state index contributed by atoms with van der Waals surface area (Å²) in [6.07, 6.45) is 4.09. The molecule has 3 rings (SSSR count). The van der Waals surface area contributed by atoms with Gasteiger partial charge in [0.05, 0.1) is 0 Å². The zero-order valence-corrected chi connectivity index (χ0v) is 16.5. The fraction of sp³-hybridized carbons (Fsp3) is 0.261. The third kappa shape index (κ3) is 4.94. The number of benzene rings is 2. The maximum atomic E-state index is 13.0. The normalized spacial score (nSPS) is 18.2. The van der Waals surface area contributed by atoms with Gasteiger partial charge in [-0.05, 0) is 43.7 Å².